The molecule has 1 aliphatic rings. The number of nitrogens with zero attached hydrogens (tertiary/aromatic N) is 3. The quantitative estimate of drug-likeness (QED) is 0.184. The molecule has 0 spiro atoms. The van der Waals surface area contributed by atoms with Gasteiger partial charge in [0, 0.05) is 17.9 Å². The summed E-state index contributed by atoms with van der Waals surface area (Å²) in [7, 11) is 3.96. The fourth-order valence-electron chi connectivity index (χ4n) is 5.13. The molecule has 2 aromatic carbocycles. The Bertz CT molecular complexity index is 1340. The second-order valence-corrected chi connectivity index (χ2v) is 12.6. The lowest BCUT2D eigenvalue weighted by Crippen LogP contribution is -2.62. The summed E-state index contributed by atoms with van der Waals surface area (Å²) in [5, 5.41) is 14.3. The average Bonchev–Trinajstić information content (AvgIpc) is 3.46. The molecule has 232 valence electrons. The summed E-state index contributed by atoms with van der Waals surface area (Å²) in [4.78, 5) is 42.9. The van der Waals surface area contributed by atoms with E-state index in [4.69, 9.17) is 4.42 Å². The van der Waals surface area contributed by atoms with Crippen LogP contribution in [0.15, 0.2) is 64.2 Å². The molecule has 0 bridgehead atoms. The molecule has 1 fully saturated rings. The van der Waals surface area contributed by atoms with Crippen molar-refractivity contribution in [1.29, 1.82) is 0 Å². The van der Waals surface area contributed by atoms with Crippen LogP contribution in [0.5, 0.6) is 0 Å². The van der Waals surface area contributed by atoms with E-state index in [1.165, 1.54) is 11.8 Å². The lowest BCUT2D eigenvalue weighted by Gasteiger charge is -2.37. The van der Waals surface area contributed by atoms with Crippen molar-refractivity contribution in [2.45, 2.75) is 69.2 Å². The lowest BCUT2D eigenvalue weighted by atomic mass is 9.80. The van der Waals surface area contributed by atoms with E-state index >= 15 is 0 Å². The number of halogens is 1. The average molecular weight is 628 g/mol. The van der Waals surface area contributed by atoms with Gasteiger partial charge in [0.25, 0.3) is 17.0 Å². The molecule has 4 rings (SSSR count). The van der Waals surface area contributed by atoms with E-state index in [-0.39, 0.29) is 36.0 Å². The van der Waals surface area contributed by atoms with Crippen LogP contribution < -0.4 is 10.6 Å². The first-order chi connectivity index (χ1) is 20.2. The van der Waals surface area contributed by atoms with Crippen molar-refractivity contribution in [2.75, 3.05) is 26.4 Å². The smallest absolute Gasteiger partial charge is 0.286 e. The van der Waals surface area contributed by atoms with Crippen molar-refractivity contribution in [3.63, 3.8) is 0 Å². The van der Waals surface area contributed by atoms with Crippen LogP contribution in [0.25, 0.3) is 11.1 Å². The molecule has 2 N–H and O–H groups in total. The van der Waals surface area contributed by atoms with E-state index in [2.05, 4.69) is 20.8 Å². The Morgan fingerprint density at radius 3 is 2.23 bits per heavy atom. The molecule has 2 amide bonds. The number of aromatic nitrogens is 2. The van der Waals surface area contributed by atoms with Gasteiger partial charge in [-0.05, 0) is 62.5 Å². The predicted molar refractivity (Wildman–Crippen MR) is 172 cm³/mol. The fraction of sp³-hybridized carbons (Fsp3) is 0.469. The zero-order valence-corrected chi connectivity index (χ0v) is 26.9. The number of hydrogen-bond donors (Lipinski definition) is 2. The first-order valence-electron chi connectivity index (χ1n) is 14.6. The van der Waals surface area contributed by atoms with Gasteiger partial charge in [-0.3, -0.25) is 14.4 Å². The third-order valence-corrected chi connectivity index (χ3v) is 8.26. The zero-order valence-electron chi connectivity index (χ0n) is 25.3. The summed E-state index contributed by atoms with van der Waals surface area (Å²) in [5.41, 5.74) is 1.44. The summed E-state index contributed by atoms with van der Waals surface area (Å²) in [6.07, 6.45) is 4.01. The highest BCUT2D eigenvalue weighted by atomic mass is 35.5. The fourth-order valence-corrected chi connectivity index (χ4v) is 6.00. The van der Waals surface area contributed by atoms with Gasteiger partial charge >= 0.3 is 0 Å². The van der Waals surface area contributed by atoms with Gasteiger partial charge in [0.1, 0.15) is 5.54 Å². The molecule has 0 radical (unpaired) electrons. The molecule has 1 aliphatic carbocycles. The molecule has 11 heteroatoms. The van der Waals surface area contributed by atoms with Crippen molar-refractivity contribution in [3.8, 4) is 11.1 Å². The highest BCUT2D eigenvalue weighted by Crippen LogP contribution is 2.30. The number of ketones is 1. The van der Waals surface area contributed by atoms with Crippen molar-refractivity contribution in [3.05, 3.63) is 66.1 Å². The summed E-state index contributed by atoms with van der Waals surface area (Å²) >= 11 is 1.38. The van der Waals surface area contributed by atoms with Crippen LogP contribution in [-0.2, 0) is 4.79 Å². The number of hydrogen-bond acceptors (Lipinski definition) is 8. The van der Waals surface area contributed by atoms with Gasteiger partial charge in [0.05, 0.1) is 6.04 Å². The summed E-state index contributed by atoms with van der Waals surface area (Å²) in [5.74, 6) is -0.334. The van der Waals surface area contributed by atoms with Crippen molar-refractivity contribution in [1.82, 2.24) is 25.7 Å². The first-order valence-corrected chi connectivity index (χ1v) is 15.6. The van der Waals surface area contributed by atoms with Crippen LogP contribution >= 0.6 is 24.2 Å². The standard InChI is InChI=1S/C32H41N5O4S.ClH/c1-22(2)21-26(27(38)29-35-36-31(41-29)42-20-19-37(3)4)33-30(40)32(17-9-6-10-18-32)34-28(39)25-15-13-24(14-16-25)23-11-7-5-8-12-23;/h5,7-8,11-16,22,26H,6,9-10,17-21H2,1-4H3,(H,33,40)(H,34,39);1H. The first kappa shape index (κ1) is 34.3. The molecule has 1 aromatic heterocycles. The van der Waals surface area contributed by atoms with Gasteiger partial charge in [-0.15, -0.1) is 22.6 Å². The number of amides is 2. The number of nitrogens with one attached hydrogen (secondary N) is 2. The van der Waals surface area contributed by atoms with E-state index < -0.39 is 17.4 Å². The molecule has 1 saturated carbocycles. The number of carbonyl (C=O) groups excluding carboxylic acids is 3. The normalized spacial score (nSPS) is 15.0. The SMILES string of the molecule is CC(C)CC(NC(=O)C1(NC(=O)c2ccc(-c3ccccc3)cc2)CCCCC1)C(=O)c1nnc(SCCN(C)C)o1.Cl. The summed E-state index contributed by atoms with van der Waals surface area (Å²) in [6.45, 7) is 4.80. The second kappa shape index (κ2) is 16.0. The number of Topliss-reactive ketones (excluding diaryl/α,β-unsaturated/α-hetero) is 1. The molecular formula is C32H42ClN5O4S. The van der Waals surface area contributed by atoms with Gasteiger partial charge in [-0.1, -0.05) is 87.3 Å². The summed E-state index contributed by atoms with van der Waals surface area (Å²) < 4.78 is 5.66. The third kappa shape index (κ3) is 9.39. The maximum Gasteiger partial charge on any atom is 0.286 e. The highest BCUT2D eigenvalue weighted by Gasteiger charge is 2.43. The van der Waals surface area contributed by atoms with Gasteiger partial charge in [0.2, 0.25) is 11.7 Å². The van der Waals surface area contributed by atoms with E-state index in [0.29, 0.717) is 30.0 Å². The van der Waals surface area contributed by atoms with Crippen molar-refractivity contribution >= 4 is 41.8 Å². The van der Waals surface area contributed by atoms with Crippen LogP contribution in [0, 0.1) is 5.92 Å². The van der Waals surface area contributed by atoms with Crippen LogP contribution in [-0.4, -0.2) is 70.7 Å². The Hall–Kier alpha value is -3.21. The van der Waals surface area contributed by atoms with Crippen LogP contribution in [0.4, 0.5) is 0 Å². The van der Waals surface area contributed by atoms with Crippen LogP contribution in [0.2, 0.25) is 0 Å². The topological polar surface area (TPSA) is 117 Å². The predicted octanol–water partition coefficient (Wildman–Crippen LogP) is 5.66. The molecule has 0 saturated heterocycles. The monoisotopic (exact) mass is 627 g/mol. The van der Waals surface area contributed by atoms with E-state index in [0.717, 1.165) is 42.7 Å². The summed E-state index contributed by atoms with van der Waals surface area (Å²) in [6, 6.07) is 16.5. The molecular weight excluding hydrogens is 586 g/mol. The number of benzene rings is 2. The van der Waals surface area contributed by atoms with Crippen molar-refractivity contribution < 1.29 is 18.8 Å². The van der Waals surface area contributed by atoms with Gasteiger partial charge in [-0.2, -0.15) is 0 Å². The van der Waals surface area contributed by atoms with Crippen molar-refractivity contribution in [2.24, 2.45) is 5.92 Å². The Morgan fingerprint density at radius 2 is 1.60 bits per heavy atom. The maximum atomic E-state index is 13.9. The van der Waals surface area contributed by atoms with E-state index in [1.807, 2.05) is 75.3 Å². The van der Waals surface area contributed by atoms with E-state index in [9.17, 15) is 14.4 Å². The molecule has 1 heterocycles. The minimum absolute atomic E-state index is 0. The van der Waals surface area contributed by atoms with E-state index in [1.54, 1.807) is 12.1 Å². The Labute approximate surface area is 264 Å². The number of carbonyl (C=O) groups is 3. The molecule has 1 atom stereocenters. The number of thioether (sulfide) groups is 1. The largest absolute Gasteiger partial charge is 0.408 e. The van der Waals surface area contributed by atoms with Crippen LogP contribution in [0.1, 0.15) is 73.4 Å². The Kier molecular flexibility index (Phi) is 12.8. The minimum atomic E-state index is -1.11. The molecule has 1 unspecified atom stereocenters. The van der Waals surface area contributed by atoms with Gasteiger partial charge in [-0.25, -0.2) is 0 Å². The lowest BCUT2D eigenvalue weighted by molar-refractivity contribution is -0.129. The number of rotatable bonds is 13. The third-order valence-electron chi connectivity index (χ3n) is 7.46. The Morgan fingerprint density at radius 1 is 0.953 bits per heavy atom. The maximum absolute atomic E-state index is 13.9. The van der Waals surface area contributed by atoms with Gasteiger partial charge in [0.15, 0.2) is 0 Å². The second-order valence-electron chi connectivity index (χ2n) is 11.6. The zero-order chi connectivity index (χ0) is 30.1. The molecule has 9 nitrogen and oxygen atoms in total. The molecule has 0 aliphatic heterocycles. The minimum Gasteiger partial charge on any atom is -0.408 e. The van der Waals surface area contributed by atoms with Crippen LogP contribution in [0.3, 0.4) is 0 Å². The highest BCUT2D eigenvalue weighted by molar-refractivity contribution is 7.99. The molecule has 43 heavy (non-hydrogen) atoms. The van der Waals surface area contributed by atoms with Gasteiger partial charge < -0.3 is 20.0 Å². The Balaban J connectivity index is 0.00000506. The molecule has 3 aromatic rings.